The third-order valence-corrected chi connectivity index (χ3v) is 4.94. The number of nitrogens with two attached hydrogens (primary N) is 1. The number of hydrogen-bond donors (Lipinski definition) is 2. The lowest BCUT2D eigenvalue weighted by Crippen LogP contribution is -2.47. The van der Waals surface area contributed by atoms with Gasteiger partial charge < -0.3 is 20.7 Å². The Hall–Kier alpha value is -1.34. The van der Waals surface area contributed by atoms with E-state index in [1.165, 1.54) is 12.8 Å². The SMILES string of the molecule is CCNC(=NCCN(CCOC)C1CC1)N1CCCC(CC(N)=O)C1. The van der Waals surface area contributed by atoms with E-state index in [9.17, 15) is 4.79 Å². The van der Waals surface area contributed by atoms with Gasteiger partial charge in [0.1, 0.15) is 0 Å². The molecular weight excluding hydrogens is 318 g/mol. The van der Waals surface area contributed by atoms with Crippen LogP contribution in [-0.4, -0.2) is 80.7 Å². The van der Waals surface area contributed by atoms with E-state index in [2.05, 4.69) is 22.0 Å². The molecule has 1 unspecified atom stereocenters. The van der Waals surface area contributed by atoms with Crippen LogP contribution in [0, 0.1) is 5.92 Å². The zero-order valence-electron chi connectivity index (χ0n) is 15.9. The molecule has 0 spiro atoms. The fraction of sp³-hybridized carbons (Fsp3) is 0.889. The predicted octanol–water partition coefficient (Wildman–Crippen LogP) is 0.650. The molecule has 0 aromatic rings. The third-order valence-electron chi connectivity index (χ3n) is 4.94. The molecule has 0 bridgehead atoms. The number of rotatable bonds is 10. The first-order valence-corrected chi connectivity index (χ1v) is 9.68. The molecular formula is C18H35N5O2. The maximum absolute atomic E-state index is 11.2. The Balaban J connectivity index is 1.87. The zero-order valence-corrected chi connectivity index (χ0v) is 15.9. The van der Waals surface area contributed by atoms with E-state index in [-0.39, 0.29) is 5.91 Å². The van der Waals surface area contributed by atoms with E-state index in [1.807, 2.05) is 0 Å². The average Bonchev–Trinajstić information content (AvgIpc) is 3.41. The van der Waals surface area contributed by atoms with E-state index in [4.69, 9.17) is 15.5 Å². The molecule has 1 atom stereocenters. The minimum atomic E-state index is -0.202. The second-order valence-corrected chi connectivity index (χ2v) is 7.12. The van der Waals surface area contributed by atoms with E-state index < -0.39 is 0 Å². The molecule has 1 aliphatic heterocycles. The van der Waals surface area contributed by atoms with Crippen molar-refractivity contribution < 1.29 is 9.53 Å². The lowest BCUT2D eigenvalue weighted by atomic mass is 9.95. The molecule has 1 amide bonds. The summed E-state index contributed by atoms with van der Waals surface area (Å²) in [6, 6.07) is 0.725. The highest BCUT2D eigenvalue weighted by atomic mass is 16.5. The van der Waals surface area contributed by atoms with Gasteiger partial charge in [-0.2, -0.15) is 0 Å². The molecule has 0 radical (unpaired) electrons. The lowest BCUT2D eigenvalue weighted by Gasteiger charge is -2.34. The second-order valence-electron chi connectivity index (χ2n) is 7.12. The second kappa shape index (κ2) is 10.6. The minimum Gasteiger partial charge on any atom is -0.383 e. The molecule has 7 nitrogen and oxygen atoms in total. The Morgan fingerprint density at radius 2 is 2.16 bits per heavy atom. The van der Waals surface area contributed by atoms with Crippen molar-refractivity contribution in [1.82, 2.24) is 15.1 Å². The molecule has 1 heterocycles. The minimum absolute atomic E-state index is 0.202. The molecule has 7 heteroatoms. The summed E-state index contributed by atoms with van der Waals surface area (Å²) >= 11 is 0. The Kier molecular flexibility index (Phi) is 8.48. The monoisotopic (exact) mass is 353 g/mol. The van der Waals surface area contributed by atoms with Crippen molar-refractivity contribution in [2.75, 3.05) is 53.0 Å². The maximum Gasteiger partial charge on any atom is 0.217 e. The van der Waals surface area contributed by atoms with Gasteiger partial charge in [0.25, 0.3) is 0 Å². The smallest absolute Gasteiger partial charge is 0.217 e. The average molecular weight is 354 g/mol. The Morgan fingerprint density at radius 3 is 2.80 bits per heavy atom. The van der Waals surface area contributed by atoms with Gasteiger partial charge in [0.05, 0.1) is 13.2 Å². The number of ether oxygens (including phenoxy) is 1. The number of carbonyl (C=O) groups excluding carboxylic acids is 1. The number of likely N-dealkylation sites (tertiary alicyclic amines) is 1. The van der Waals surface area contributed by atoms with Gasteiger partial charge in [-0.3, -0.25) is 14.7 Å². The van der Waals surface area contributed by atoms with Crippen molar-refractivity contribution >= 4 is 11.9 Å². The van der Waals surface area contributed by atoms with Crippen LogP contribution < -0.4 is 11.1 Å². The highest BCUT2D eigenvalue weighted by Gasteiger charge is 2.28. The van der Waals surface area contributed by atoms with E-state index in [1.54, 1.807) is 7.11 Å². The van der Waals surface area contributed by atoms with Crippen LogP contribution in [-0.2, 0) is 9.53 Å². The van der Waals surface area contributed by atoms with Gasteiger partial charge in [0.15, 0.2) is 5.96 Å². The Bertz CT molecular complexity index is 439. The number of guanidine groups is 1. The molecule has 1 saturated heterocycles. The van der Waals surface area contributed by atoms with Crippen molar-refractivity contribution in [3.05, 3.63) is 0 Å². The number of amides is 1. The van der Waals surface area contributed by atoms with Crippen molar-refractivity contribution in [3.63, 3.8) is 0 Å². The first-order chi connectivity index (χ1) is 12.1. The lowest BCUT2D eigenvalue weighted by molar-refractivity contribution is -0.119. The number of carbonyl (C=O) groups is 1. The van der Waals surface area contributed by atoms with Crippen molar-refractivity contribution in [2.24, 2.45) is 16.6 Å². The summed E-state index contributed by atoms with van der Waals surface area (Å²) in [6.45, 7) is 8.34. The number of methoxy groups -OCH3 is 1. The first kappa shape index (κ1) is 20.0. The highest BCUT2D eigenvalue weighted by molar-refractivity contribution is 5.80. The quantitative estimate of drug-likeness (QED) is 0.445. The number of nitrogens with one attached hydrogen (secondary N) is 1. The Labute approximate surface area is 152 Å². The van der Waals surface area contributed by atoms with Crippen LogP contribution in [0.4, 0.5) is 0 Å². The summed E-state index contributed by atoms with van der Waals surface area (Å²) in [7, 11) is 1.76. The largest absolute Gasteiger partial charge is 0.383 e. The molecule has 144 valence electrons. The number of primary amides is 1. The van der Waals surface area contributed by atoms with Gasteiger partial charge in [-0.25, -0.2) is 0 Å². The van der Waals surface area contributed by atoms with Crippen LogP contribution in [0.15, 0.2) is 4.99 Å². The van der Waals surface area contributed by atoms with Crippen molar-refractivity contribution in [3.8, 4) is 0 Å². The molecule has 3 N–H and O–H groups in total. The van der Waals surface area contributed by atoms with Gasteiger partial charge in [-0.15, -0.1) is 0 Å². The van der Waals surface area contributed by atoms with Crippen molar-refractivity contribution in [2.45, 2.75) is 45.1 Å². The summed E-state index contributed by atoms with van der Waals surface area (Å²) in [6.07, 6.45) is 5.24. The summed E-state index contributed by atoms with van der Waals surface area (Å²) < 4.78 is 5.22. The molecule has 2 fully saturated rings. The normalized spacial score (nSPS) is 21.6. The first-order valence-electron chi connectivity index (χ1n) is 9.68. The molecule has 0 aromatic heterocycles. The van der Waals surface area contributed by atoms with Crippen LogP contribution in [0.25, 0.3) is 0 Å². The van der Waals surface area contributed by atoms with Crippen LogP contribution in [0.5, 0.6) is 0 Å². The predicted molar refractivity (Wildman–Crippen MR) is 101 cm³/mol. The Morgan fingerprint density at radius 1 is 1.36 bits per heavy atom. The van der Waals surface area contributed by atoms with Crippen LogP contribution in [0.1, 0.15) is 39.0 Å². The summed E-state index contributed by atoms with van der Waals surface area (Å²) in [4.78, 5) is 20.8. The molecule has 2 rings (SSSR count). The maximum atomic E-state index is 11.2. The summed E-state index contributed by atoms with van der Waals surface area (Å²) in [5, 5.41) is 3.40. The number of piperidine rings is 1. The molecule has 0 aromatic carbocycles. The number of nitrogens with zero attached hydrogens (tertiary/aromatic N) is 3. The number of aliphatic imine (C=N–C) groups is 1. The summed E-state index contributed by atoms with van der Waals surface area (Å²) in [5.41, 5.74) is 5.37. The van der Waals surface area contributed by atoms with Crippen LogP contribution in [0.3, 0.4) is 0 Å². The fourth-order valence-corrected chi connectivity index (χ4v) is 3.54. The van der Waals surface area contributed by atoms with Crippen molar-refractivity contribution in [1.29, 1.82) is 0 Å². The summed E-state index contributed by atoms with van der Waals surface area (Å²) in [5.74, 6) is 1.12. The van der Waals surface area contributed by atoms with Gasteiger partial charge in [0.2, 0.25) is 5.91 Å². The number of hydrogen-bond acceptors (Lipinski definition) is 4. The van der Waals surface area contributed by atoms with E-state index >= 15 is 0 Å². The molecule has 2 aliphatic rings. The third kappa shape index (κ3) is 7.20. The highest BCUT2D eigenvalue weighted by Crippen LogP contribution is 2.26. The van der Waals surface area contributed by atoms with Crippen LogP contribution >= 0.6 is 0 Å². The van der Waals surface area contributed by atoms with Gasteiger partial charge in [-0.05, 0) is 38.5 Å². The fourth-order valence-electron chi connectivity index (χ4n) is 3.54. The van der Waals surface area contributed by atoms with Gasteiger partial charge in [-0.1, -0.05) is 0 Å². The van der Waals surface area contributed by atoms with Crippen LogP contribution in [0.2, 0.25) is 0 Å². The van der Waals surface area contributed by atoms with Gasteiger partial charge in [0, 0.05) is 52.3 Å². The van der Waals surface area contributed by atoms with E-state index in [0.29, 0.717) is 12.3 Å². The standard InChI is InChI=1S/C18H35N5O2/c1-3-20-18(23-9-4-5-15(14-23)13-17(19)24)21-8-10-22(11-12-25-2)16-6-7-16/h15-16H,3-14H2,1-2H3,(H2,19,24)(H,20,21). The molecule has 1 saturated carbocycles. The molecule has 25 heavy (non-hydrogen) atoms. The van der Waals surface area contributed by atoms with E-state index in [0.717, 1.165) is 70.7 Å². The topological polar surface area (TPSA) is 83.2 Å². The zero-order chi connectivity index (χ0) is 18.1. The molecule has 1 aliphatic carbocycles. The van der Waals surface area contributed by atoms with Gasteiger partial charge >= 0.3 is 0 Å².